The monoisotopic (exact) mass is 434 g/mol. The number of aromatic nitrogens is 2. The van der Waals surface area contributed by atoms with E-state index < -0.39 is 23.9 Å². The third-order valence-electron chi connectivity index (χ3n) is 5.25. The van der Waals surface area contributed by atoms with E-state index in [1.54, 1.807) is 18.2 Å². The van der Waals surface area contributed by atoms with Crippen LogP contribution in [0.5, 0.6) is 11.5 Å². The van der Waals surface area contributed by atoms with E-state index in [2.05, 4.69) is 20.5 Å². The summed E-state index contributed by atoms with van der Waals surface area (Å²) in [5, 5.41) is 13.4. The summed E-state index contributed by atoms with van der Waals surface area (Å²) in [4.78, 5) is 31.6. The molecule has 0 N–H and O–H groups in total. The molecular formula is C21H18N6O5. The van der Waals surface area contributed by atoms with Gasteiger partial charge >= 0.3 is 0 Å². The fourth-order valence-electron chi connectivity index (χ4n) is 3.69. The fourth-order valence-corrected chi connectivity index (χ4v) is 3.69. The average molecular weight is 434 g/mol. The van der Waals surface area contributed by atoms with Crippen LogP contribution in [0.4, 0.5) is 5.69 Å². The second kappa shape index (κ2) is 7.76. The largest absolute Gasteiger partial charge is 0.497 e. The molecule has 3 aromatic rings. The van der Waals surface area contributed by atoms with Crippen LogP contribution >= 0.6 is 0 Å². The number of hydrogen-bond donors (Lipinski definition) is 0. The van der Waals surface area contributed by atoms with Gasteiger partial charge < -0.3 is 14.0 Å². The van der Waals surface area contributed by atoms with Crippen molar-refractivity contribution in [3.05, 3.63) is 54.4 Å². The van der Waals surface area contributed by atoms with E-state index in [0.29, 0.717) is 23.0 Å². The highest BCUT2D eigenvalue weighted by Gasteiger charge is 2.55. The molecule has 162 valence electrons. The van der Waals surface area contributed by atoms with Crippen LogP contribution in [0.2, 0.25) is 0 Å². The lowest BCUT2D eigenvalue weighted by Crippen LogP contribution is -2.39. The van der Waals surface area contributed by atoms with Crippen LogP contribution in [-0.4, -0.2) is 53.3 Å². The number of benzene rings is 2. The quantitative estimate of drug-likeness (QED) is 0.541. The average Bonchev–Trinajstić information content (AvgIpc) is 3.52. The number of hydrogen-bond acceptors (Lipinski definition) is 10. The first-order valence-corrected chi connectivity index (χ1v) is 9.75. The molecule has 2 amide bonds. The van der Waals surface area contributed by atoms with E-state index in [4.69, 9.17) is 14.0 Å². The SMILES string of the molecule is COc1cc(OC)cc(N2C(=O)[C@@H]3N=NN(Cc4nc(-c5ccccc5)no4)[C@H]3C2=O)c1. The molecule has 5 rings (SSSR count). The molecule has 2 atom stereocenters. The molecule has 11 nitrogen and oxygen atoms in total. The topological polar surface area (TPSA) is 123 Å². The molecule has 0 bridgehead atoms. The molecule has 2 aliphatic heterocycles. The molecule has 32 heavy (non-hydrogen) atoms. The third kappa shape index (κ3) is 3.23. The smallest absolute Gasteiger partial charge is 0.263 e. The minimum absolute atomic E-state index is 0.0405. The highest BCUT2D eigenvalue weighted by Crippen LogP contribution is 2.36. The minimum atomic E-state index is -0.948. The van der Waals surface area contributed by atoms with Crippen LogP contribution in [0, 0.1) is 0 Å². The number of methoxy groups -OCH3 is 2. The van der Waals surface area contributed by atoms with Crippen LogP contribution < -0.4 is 14.4 Å². The Kier molecular flexibility index (Phi) is 4.77. The summed E-state index contributed by atoms with van der Waals surface area (Å²) in [5.41, 5.74) is 1.14. The summed E-state index contributed by atoms with van der Waals surface area (Å²) in [5.74, 6) is 0.655. The van der Waals surface area contributed by atoms with Crippen molar-refractivity contribution in [2.45, 2.75) is 18.6 Å². The van der Waals surface area contributed by atoms with Crippen LogP contribution in [0.1, 0.15) is 5.89 Å². The maximum absolute atomic E-state index is 13.2. The highest BCUT2D eigenvalue weighted by molar-refractivity contribution is 6.25. The van der Waals surface area contributed by atoms with Crippen molar-refractivity contribution < 1.29 is 23.6 Å². The molecule has 11 heteroatoms. The van der Waals surface area contributed by atoms with E-state index in [9.17, 15) is 9.59 Å². The number of imide groups is 1. The Bertz CT molecular complexity index is 1190. The van der Waals surface area contributed by atoms with Gasteiger partial charge in [-0.05, 0) is 0 Å². The first-order chi connectivity index (χ1) is 15.6. The minimum Gasteiger partial charge on any atom is -0.497 e. The van der Waals surface area contributed by atoms with Gasteiger partial charge in [0.15, 0.2) is 12.1 Å². The van der Waals surface area contributed by atoms with Gasteiger partial charge in [0.05, 0.1) is 19.9 Å². The van der Waals surface area contributed by atoms with E-state index in [0.717, 1.165) is 10.5 Å². The zero-order chi connectivity index (χ0) is 22.2. The predicted octanol–water partition coefficient (Wildman–Crippen LogP) is 2.25. The van der Waals surface area contributed by atoms with E-state index in [1.165, 1.54) is 19.2 Å². The van der Waals surface area contributed by atoms with Gasteiger partial charge in [0.2, 0.25) is 11.7 Å². The lowest BCUT2D eigenvalue weighted by atomic mass is 10.1. The molecule has 0 unspecified atom stereocenters. The summed E-state index contributed by atoms with van der Waals surface area (Å²) >= 11 is 0. The van der Waals surface area contributed by atoms with Gasteiger partial charge in [0.25, 0.3) is 11.8 Å². The van der Waals surface area contributed by atoms with Gasteiger partial charge in [-0.15, -0.1) is 0 Å². The second-order valence-electron chi connectivity index (χ2n) is 7.15. The van der Waals surface area contributed by atoms with Crippen LogP contribution in [0.25, 0.3) is 11.4 Å². The van der Waals surface area contributed by atoms with Gasteiger partial charge in [-0.3, -0.25) is 14.6 Å². The van der Waals surface area contributed by atoms with Gasteiger partial charge in [0, 0.05) is 23.8 Å². The van der Waals surface area contributed by atoms with Crippen molar-refractivity contribution in [3.8, 4) is 22.9 Å². The Hall–Kier alpha value is -4.28. The zero-order valence-corrected chi connectivity index (χ0v) is 17.2. The number of anilines is 1. The van der Waals surface area contributed by atoms with Gasteiger partial charge in [0.1, 0.15) is 18.0 Å². The molecule has 0 aliphatic carbocycles. The molecule has 0 radical (unpaired) electrons. The van der Waals surface area contributed by atoms with E-state index in [-0.39, 0.29) is 12.4 Å². The Morgan fingerprint density at radius 3 is 2.41 bits per heavy atom. The summed E-state index contributed by atoms with van der Waals surface area (Å²) in [6.07, 6.45) is 0. The van der Waals surface area contributed by atoms with Crippen LogP contribution in [0.15, 0.2) is 63.4 Å². The Labute approximate surface area is 182 Å². The fraction of sp³-hybridized carbons (Fsp3) is 0.238. The number of carbonyl (C=O) groups excluding carboxylic acids is 2. The van der Waals surface area contributed by atoms with Crippen molar-refractivity contribution in [1.29, 1.82) is 0 Å². The Morgan fingerprint density at radius 1 is 1.00 bits per heavy atom. The Morgan fingerprint density at radius 2 is 1.72 bits per heavy atom. The third-order valence-corrected chi connectivity index (χ3v) is 5.25. The predicted molar refractivity (Wildman–Crippen MR) is 110 cm³/mol. The molecule has 1 aromatic heterocycles. The zero-order valence-electron chi connectivity index (χ0n) is 17.2. The lowest BCUT2D eigenvalue weighted by Gasteiger charge is -2.20. The second-order valence-corrected chi connectivity index (χ2v) is 7.15. The van der Waals surface area contributed by atoms with Crippen molar-refractivity contribution in [2.24, 2.45) is 10.3 Å². The van der Waals surface area contributed by atoms with Crippen molar-refractivity contribution in [1.82, 2.24) is 15.1 Å². The maximum Gasteiger partial charge on any atom is 0.263 e. The van der Waals surface area contributed by atoms with Crippen molar-refractivity contribution >= 4 is 17.5 Å². The van der Waals surface area contributed by atoms with E-state index >= 15 is 0 Å². The molecular weight excluding hydrogens is 416 g/mol. The number of ether oxygens (including phenoxy) is 2. The maximum atomic E-state index is 13.2. The molecule has 1 fully saturated rings. The molecule has 0 saturated carbocycles. The van der Waals surface area contributed by atoms with Gasteiger partial charge in [-0.1, -0.05) is 40.7 Å². The van der Waals surface area contributed by atoms with E-state index in [1.807, 2.05) is 30.3 Å². The number of rotatable bonds is 6. The molecule has 1 saturated heterocycles. The van der Waals surface area contributed by atoms with Crippen molar-refractivity contribution in [2.75, 3.05) is 19.1 Å². The highest BCUT2D eigenvalue weighted by atomic mass is 16.5. The standard InChI is InChI=1S/C21H18N6O5/c1-30-14-8-13(9-15(10-14)31-2)27-20(28)17-18(21(27)29)26(25-23-17)11-16-22-19(24-32-16)12-6-4-3-5-7-12/h3-10,17-18H,11H2,1-2H3/t17-,18-/m1/s1. The number of carbonyl (C=O) groups is 2. The number of amides is 2. The number of fused-ring (bicyclic) bond motifs is 1. The lowest BCUT2D eigenvalue weighted by molar-refractivity contribution is -0.123. The molecule has 2 aromatic carbocycles. The number of nitrogens with zero attached hydrogens (tertiary/aromatic N) is 6. The first kappa shape index (κ1) is 19.7. The summed E-state index contributed by atoms with van der Waals surface area (Å²) in [7, 11) is 2.98. The molecule has 3 heterocycles. The van der Waals surface area contributed by atoms with Gasteiger partial charge in [-0.25, -0.2) is 4.90 Å². The van der Waals surface area contributed by atoms with Gasteiger partial charge in [-0.2, -0.15) is 10.1 Å². The summed E-state index contributed by atoms with van der Waals surface area (Å²) in [6.45, 7) is 0.0405. The van der Waals surface area contributed by atoms with Crippen LogP contribution in [0.3, 0.4) is 0 Å². The Balaban J connectivity index is 1.39. The van der Waals surface area contributed by atoms with Crippen molar-refractivity contribution in [3.63, 3.8) is 0 Å². The normalized spacial score (nSPS) is 19.6. The first-order valence-electron chi connectivity index (χ1n) is 9.75. The molecule has 0 spiro atoms. The summed E-state index contributed by atoms with van der Waals surface area (Å²) < 4.78 is 15.8. The molecule has 2 aliphatic rings. The summed E-state index contributed by atoms with van der Waals surface area (Å²) in [6, 6.07) is 12.3. The van der Waals surface area contributed by atoms with Crippen LogP contribution in [-0.2, 0) is 16.1 Å².